The maximum absolute atomic E-state index is 12.1. The van der Waals surface area contributed by atoms with E-state index in [-0.39, 0.29) is 11.8 Å². The second-order valence-electron chi connectivity index (χ2n) is 5.71. The number of carbonyl (C=O) groups is 1. The Morgan fingerprint density at radius 3 is 2.67 bits per heavy atom. The number of rotatable bonds is 5. The molecule has 2 saturated carbocycles. The molecular weight excluding hydrogens is 290 g/mol. The van der Waals surface area contributed by atoms with Crippen LogP contribution in [0, 0.1) is 11.3 Å². The van der Waals surface area contributed by atoms with Gasteiger partial charge in [-0.1, -0.05) is 46.3 Å². The highest BCUT2D eigenvalue weighted by Crippen LogP contribution is 2.49. The number of hydrogen-bond acceptors (Lipinski definition) is 1. The highest BCUT2D eigenvalue weighted by molar-refractivity contribution is 9.09. The van der Waals surface area contributed by atoms with Crippen molar-refractivity contribution in [3.05, 3.63) is 35.9 Å². The Labute approximate surface area is 116 Å². The van der Waals surface area contributed by atoms with Gasteiger partial charge >= 0.3 is 0 Å². The minimum Gasteiger partial charge on any atom is -0.355 e. The minimum atomic E-state index is 0.207. The monoisotopic (exact) mass is 307 g/mol. The maximum atomic E-state index is 12.1. The largest absolute Gasteiger partial charge is 0.355 e. The van der Waals surface area contributed by atoms with Crippen molar-refractivity contribution in [2.75, 3.05) is 11.9 Å². The van der Waals surface area contributed by atoms with Crippen molar-refractivity contribution >= 4 is 21.8 Å². The number of nitrogens with one attached hydrogen (secondary N) is 1. The fourth-order valence-electron chi connectivity index (χ4n) is 2.49. The topological polar surface area (TPSA) is 29.1 Å². The maximum Gasteiger partial charge on any atom is 0.223 e. The molecule has 0 spiro atoms. The van der Waals surface area contributed by atoms with Gasteiger partial charge in [0.15, 0.2) is 0 Å². The zero-order valence-electron chi connectivity index (χ0n) is 10.4. The summed E-state index contributed by atoms with van der Waals surface area (Å²) in [6.45, 7) is 0.842. The Balaban J connectivity index is 1.51. The summed E-state index contributed by atoms with van der Waals surface area (Å²) in [5, 5.41) is 4.14. The molecule has 2 fully saturated rings. The molecule has 96 valence electrons. The summed E-state index contributed by atoms with van der Waals surface area (Å²) in [6, 6.07) is 10.4. The Hall–Kier alpha value is -0.830. The van der Waals surface area contributed by atoms with Crippen LogP contribution in [0.1, 0.15) is 30.7 Å². The average Bonchev–Trinajstić information content (AvgIpc) is 3.31. The van der Waals surface area contributed by atoms with Gasteiger partial charge in [-0.05, 0) is 36.2 Å². The van der Waals surface area contributed by atoms with Crippen LogP contribution in [0.15, 0.2) is 30.3 Å². The normalized spacial score (nSPS) is 27.6. The van der Waals surface area contributed by atoms with Crippen LogP contribution in [0.4, 0.5) is 0 Å². The van der Waals surface area contributed by atoms with Gasteiger partial charge in [0.25, 0.3) is 0 Å². The van der Waals surface area contributed by atoms with Gasteiger partial charge in [-0.15, -0.1) is 0 Å². The molecular formula is C15H18BrNO. The number of amides is 1. The lowest BCUT2D eigenvalue weighted by Crippen LogP contribution is -2.32. The van der Waals surface area contributed by atoms with E-state index in [0.29, 0.717) is 11.3 Å². The first kappa shape index (κ1) is 12.2. The second-order valence-corrected chi connectivity index (χ2v) is 6.27. The molecule has 2 nitrogen and oxygen atoms in total. The number of benzene rings is 1. The summed E-state index contributed by atoms with van der Waals surface area (Å²) in [5.74, 6) is 0.903. The summed E-state index contributed by atoms with van der Waals surface area (Å²) in [5.41, 5.74) is 1.67. The molecule has 2 aliphatic carbocycles. The lowest BCUT2D eigenvalue weighted by molar-refractivity contribution is -0.122. The standard InChI is InChI=1S/C15H18BrNO/c16-9-15(6-7-15)10-17-14(18)13-8-12(13)11-4-2-1-3-5-11/h1-5,12-13H,6-10H2,(H,17,18). The van der Waals surface area contributed by atoms with E-state index in [0.717, 1.165) is 18.3 Å². The molecule has 18 heavy (non-hydrogen) atoms. The first-order chi connectivity index (χ1) is 8.74. The van der Waals surface area contributed by atoms with Gasteiger partial charge in [0.05, 0.1) is 0 Å². The summed E-state index contributed by atoms with van der Waals surface area (Å²) in [4.78, 5) is 12.1. The van der Waals surface area contributed by atoms with Crippen LogP contribution < -0.4 is 5.32 Å². The van der Waals surface area contributed by atoms with Gasteiger partial charge < -0.3 is 5.32 Å². The molecule has 1 amide bonds. The van der Waals surface area contributed by atoms with E-state index < -0.39 is 0 Å². The molecule has 0 heterocycles. The summed E-state index contributed by atoms with van der Waals surface area (Å²) in [6.07, 6.45) is 3.49. The highest BCUT2D eigenvalue weighted by atomic mass is 79.9. The number of carbonyl (C=O) groups excluding carboxylic acids is 1. The quantitative estimate of drug-likeness (QED) is 0.832. The smallest absolute Gasteiger partial charge is 0.223 e. The molecule has 0 aromatic heterocycles. The number of hydrogen-bond donors (Lipinski definition) is 1. The first-order valence-electron chi connectivity index (χ1n) is 6.63. The van der Waals surface area contributed by atoms with E-state index in [4.69, 9.17) is 0 Å². The number of halogens is 1. The summed E-state index contributed by atoms with van der Waals surface area (Å²) in [7, 11) is 0. The Morgan fingerprint density at radius 1 is 1.33 bits per heavy atom. The molecule has 1 aromatic rings. The van der Waals surface area contributed by atoms with E-state index in [1.165, 1.54) is 18.4 Å². The minimum absolute atomic E-state index is 0.207. The van der Waals surface area contributed by atoms with Crippen LogP contribution in [0.2, 0.25) is 0 Å². The van der Waals surface area contributed by atoms with Crippen molar-refractivity contribution in [2.45, 2.75) is 25.2 Å². The fraction of sp³-hybridized carbons (Fsp3) is 0.533. The van der Waals surface area contributed by atoms with Crippen molar-refractivity contribution in [3.8, 4) is 0 Å². The third kappa shape index (κ3) is 2.46. The van der Waals surface area contributed by atoms with Gasteiger partial charge in [0.2, 0.25) is 5.91 Å². The van der Waals surface area contributed by atoms with Crippen LogP contribution in [0.25, 0.3) is 0 Å². The lowest BCUT2D eigenvalue weighted by atomic mass is 10.1. The van der Waals surface area contributed by atoms with E-state index in [9.17, 15) is 4.79 Å². The van der Waals surface area contributed by atoms with Gasteiger partial charge in [-0.25, -0.2) is 0 Å². The molecule has 2 atom stereocenters. The lowest BCUT2D eigenvalue weighted by Gasteiger charge is -2.12. The zero-order valence-corrected chi connectivity index (χ0v) is 11.9. The van der Waals surface area contributed by atoms with E-state index in [2.05, 4.69) is 33.4 Å². The third-order valence-electron chi connectivity index (χ3n) is 4.23. The van der Waals surface area contributed by atoms with Crippen LogP contribution in [0.5, 0.6) is 0 Å². The predicted molar refractivity (Wildman–Crippen MR) is 75.8 cm³/mol. The SMILES string of the molecule is O=C(NCC1(CBr)CC1)C1CC1c1ccccc1. The molecule has 2 unspecified atom stereocenters. The Kier molecular flexibility index (Phi) is 3.18. The molecule has 2 aliphatic rings. The Bertz CT molecular complexity index is 441. The van der Waals surface area contributed by atoms with Gasteiger partial charge in [0, 0.05) is 17.8 Å². The van der Waals surface area contributed by atoms with Crippen molar-refractivity contribution in [1.82, 2.24) is 5.32 Å². The molecule has 1 N–H and O–H groups in total. The number of alkyl halides is 1. The molecule has 0 saturated heterocycles. The van der Waals surface area contributed by atoms with Gasteiger partial charge in [-0.2, -0.15) is 0 Å². The highest BCUT2D eigenvalue weighted by Gasteiger charge is 2.46. The summed E-state index contributed by atoms with van der Waals surface area (Å²) < 4.78 is 0. The predicted octanol–water partition coefficient (Wildman–Crippen LogP) is 3.08. The van der Waals surface area contributed by atoms with Crippen molar-refractivity contribution in [1.29, 1.82) is 0 Å². The van der Waals surface area contributed by atoms with Crippen molar-refractivity contribution < 1.29 is 4.79 Å². The molecule has 0 bridgehead atoms. The van der Waals surface area contributed by atoms with Crippen molar-refractivity contribution in [3.63, 3.8) is 0 Å². The van der Waals surface area contributed by atoms with Crippen LogP contribution in [0.3, 0.4) is 0 Å². The first-order valence-corrected chi connectivity index (χ1v) is 7.75. The van der Waals surface area contributed by atoms with Gasteiger partial charge in [0.1, 0.15) is 0 Å². The van der Waals surface area contributed by atoms with E-state index in [1.807, 2.05) is 18.2 Å². The van der Waals surface area contributed by atoms with Crippen LogP contribution in [-0.4, -0.2) is 17.8 Å². The van der Waals surface area contributed by atoms with E-state index in [1.54, 1.807) is 0 Å². The average molecular weight is 308 g/mol. The molecule has 3 rings (SSSR count). The van der Waals surface area contributed by atoms with Crippen LogP contribution in [-0.2, 0) is 4.79 Å². The molecule has 0 aliphatic heterocycles. The zero-order chi connectivity index (χ0) is 12.6. The second kappa shape index (κ2) is 4.69. The van der Waals surface area contributed by atoms with Crippen LogP contribution >= 0.6 is 15.9 Å². The van der Waals surface area contributed by atoms with Gasteiger partial charge in [-0.3, -0.25) is 4.79 Å². The van der Waals surface area contributed by atoms with E-state index >= 15 is 0 Å². The molecule has 1 aromatic carbocycles. The fourth-order valence-corrected chi connectivity index (χ4v) is 3.25. The van der Waals surface area contributed by atoms with Crippen molar-refractivity contribution in [2.24, 2.45) is 11.3 Å². The molecule has 0 radical (unpaired) electrons. The third-order valence-corrected chi connectivity index (χ3v) is 5.42. The molecule has 3 heteroatoms. The Morgan fingerprint density at radius 2 is 2.06 bits per heavy atom. The summed E-state index contributed by atoms with van der Waals surface area (Å²) >= 11 is 3.53.